The van der Waals surface area contributed by atoms with Crippen LogP contribution in [-0.2, 0) is 4.74 Å². The molecule has 2 aromatic carbocycles. The number of halogens is 1. The van der Waals surface area contributed by atoms with Gasteiger partial charge in [-0.3, -0.25) is 4.99 Å². The molecule has 0 amide bonds. The fourth-order valence-electron chi connectivity index (χ4n) is 2.69. The van der Waals surface area contributed by atoms with Gasteiger partial charge in [-0.15, -0.1) is 11.3 Å². The summed E-state index contributed by atoms with van der Waals surface area (Å²) in [5.74, 6) is 1.49. The van der Waals surface area contributed by atoms with Gasteiger partial charge in [-0.25, -0.2) is 4.68 Å². The van der Waals surface area contributed by atoms with Crippen molar-refractivity contribution in [3.8, 4) is 22.8 Å². The molecule has 1 aliphatic rings. The van der Waals surface area contributed by atoms with Gasteiger partial charge in [-0.05, 0) is 35.9 Å². The van der Waals surface area contributed by atoms with Gasteiger partial charge in [0, 0.05) is 22.5 Å². The van der Waals surface area contributed by atoms with Crippen molar-refractivity contribution in [1.82, 2.24) is 4.68 Å². The van der Waals surface area contributed by atoms with Crippen LogP contribution in [0, 0.1) is 0 Å². The molecule has 0 N–H and O–H groups in total. The van der Waals surface area contributed by atoms with E-state index >= 15 is 0 Å². The van der Waals surface area contributed by atoms with Gasteiger partial charge in [0.25, 0.3) is 0 Å². The number of hydrogen-bond acceptors (Lipinski definition) is 6. The lowest BCUT2D eigenvalue weighted by molar-refractivity contribution is 0.174. The third-order valence-corrected chi connectivity index (χ3v) is 5.47. The van der Waals surface area contributed by atoms with Crippen LogP contribution in [0.4, 0.5) is 0 Å². The molecule has 28 heavy (non-hydrogen) atoms. The molecule has 0 atom stereocenters. The van der Waals surface area contributed by atoms with E-state index in [2.05, 4.69) is 38.4 Å². The monoisotopic (exact) mass is 459 g/mol. The number of ether oxygens (including phenoxy) is 3. The zero-order valence-electron chi connectivity index (χ0n) is 15.2. The predicted octanol–water partition coefficient (Wildman–Crippen LogP) is 4.14. The molecule has 0 saturated heterocycles. The molecule has 0 radical (unpaired) electrons. The second kappa shape index (κ2) is 8.72. The van der Waals surface area contributed by atoms with Crippen LogP contribution in [-0.4, -0.2) is 37.9 Å². The normalized spacial score (nSPS) is 13.6. The topological polar surface area (TPSA) is 57.3 Å². The van der Waals surface area contributed by atoms with E-state index in [1.165, 1.54) is 0 Å². The molecule has 0 aliphatic carbocycles. The van der Waals surface area contributed by atoms with Crippen LogP contribution in [0.25, 0.3) is 11.3 Å². The number of thiazole rings is 1. The third kappa shape index (κ3) is 4.19. The molecule has 4 rings (SSSR count). The van der Waals surface area contributed by atoms with Crippen molar-refractivity contribution in [3.05, 3.63) is 62.7 Å². The smallest absolute Gasteiger partial charge is 0.231 e. The van der Waals surface area contributed by atoms with E-state index in [1.54, 1.807) is 24.7 Å². The fourth-order valence-corrected chi connectivity index (χ4v) is 3.82. The predicted molar refractivity (Wildman–Crippen MR) is 113 cm³/mol. The minimum Gasteiger partial charge on any atom is -0.454 e. The number of methoxy groups -OCH3 is 1. The van der Waals surface area contributed by atoms with E-state index in [4.69, 9.17) is 19.3 Å². The van der Waals surface area contributed by atoms with Gasteiger partial charge in [-0.2, -0.15) is 5.10 Å². The van der Waals surface area contributed by atoms with Gasteiger partial charge in [-0.1, -0.05) is 28.1 Å². The lowest BCUT2D eigenvalue weighted by atomic mass is 10.2. The zero-order chi connectivity index (χ0) is 19.3. The Balaban J connectivity index is 1.71. The van der Waals surface area contributed by atoms with Gasteiger partial charge < -0.3 is 14.2 Å². The highest BCUT2D eigenvalue weighted by atomic mass is 79.9. The highest BCUT2D eigenvalue weighted by Crippen LogP contribution is 2.32. The van der Waals surface area contributed by atoms with E-state index in [0.717, 1.165) is 37.6 Å². The van der Waals surface area contributed by atoms with Gasteiger partial charge in [0.1, 0.15) is 0 Å². The number of benzene rings is 2. The van der Waals surface area contributed by atoms with Crippen molar-refractivity contribution in [2.45, 2.75) is 0 Å². The first-order chi connectivity index (χ1) is 13.7. The molecule has 144 valence electrons. The maximum atomic E-state index is 5.44. The maximum absolute atomic E-state index is 5.44. The Labute approximate surface area is 174 Å². The van der Waals surface area contributed by atoms with Crippen LogP contribution in [0.15, 0.2) is 62.4 Å². The fraction of sp³-hybridized carbons (Fsp3) is 0.200. The number of fused-ring (bicyclic) bond motifs is 1. The third-order valence-electron chi connectivity index (χ3n) is 4.09. The molecule has 2 heterocycles. The molecule has 0 fully saturated rings. The number of rotatable bonds is 6. The second-order valence-corrected chi connectivity index (χ2v) is 7.71. The van der Waals surface area contributed by atoms with Gasteiger partial charge in [0.05, 0.1) is 25.1 Å². The van der Waals surface area contributed by atoms with Crippen molar-refractivity contribution in [1.29, 1.82) is 0 Å². The summed E-state index contributed by atoms with van der Waals surface area (Å²) in [6, 6.07) is 13.9. The average molecular weight is 460 g/mol. The Morgan fingerprint density at radius 1 is 1.18 bits per heavy atom. The van der Waals surface area contributed by atoms with E-state index < -0.39 is 0 Å². The van der Waals surface area contributed by atoms with Gasteiger partial charge in [0.2, 0.25) is 11.6 Å². The van der Waals surface area contributed by atoms with E-state index in [1.807, 2.05) is 35.0 Å². The Kier molecular flexibility index (Phi) is 5.90. The molecule has 0 bridgehead atoms. The molecule has 1 aromatic heterocycles. The van der Waals surface area contributed by atoms with Crippen LogP contribution < -0.4 is 14.3 Å². The highest BCUT2D eigenvalue weighted by Gasteiger charge is 2.13. The lowest BCUT2D eigenvalue weighted by Gasteiger charge is -2.04. The molecular formula is C20H18BrN3O3S. The summed E-state index contributed by atoms with van der Waals surface area (Å²) >= 11 is 5.03. The van der Waals surface area contributed by atoms with Gasteiger partial charge >= 0.3 is 0 Å². The SMILES string of the molecule is COCCN=c1scc(-c2ccc(Br)cc2)n1/N=C/c1ccc2c(c1)OCO2. The van der Waals surface area contributed by atoms with Crippen LogP contribution in [0.3, 0.4) is 0 Å². The summed E-state index contributed by atoms with van der Waals surface area (Å²) < 4.78 is 18.8. The first-order valence-corrected chi connectivity index (χ1v) is 10.3. The molecule has 1 aliphatic heterocycles. The summed E-state index contributed by atoms with van der Waals surface area (Å²) in [4.78, 5) is 5.43. The standard InChI is InChI=1S/C20H18BrN3O3S/c1-25-9-8-22-20-24(17(12-28-20)15-3-5-16(21)6-4-15)23-11-14-2-7-18-19(10-14)27-13-26-18/h2-7,10-12H,8-9,13H2,1H3/b22-20?,23-11+. The van der Waals surface area contributed by atoms with Crippen molar-refractivity contribution in [2.75, 3.05) is 27.1 Å². The minimum absolute atomic E-state index is 0.255. The van der Waals surface area contributed by atoms with Crippen LogP contribution in [0.5, 0.6) is 11.5 Å². The summed E-state index contributed by atoms with van der Waals surface area (Å²) in [7, 11) is 1.67. The molecular weight excluding hydrogens is 442 g/mol. The lowest BCUT2D eigenvalue weighted by Crippen LogP contribution is -2.13. The van der Waals surface area contributed by atoms with Crippen molar-refractivity contribution in [3.63, 3.8) is 0 Å². The average Bonchev–Trinajstić information content (AvgIpc) is 3.33. The summed E-state index contributed by atoms with van der Waals surface area (Å²) in [5.41, 5.74) is 2.97. The van der Waals surface area contributed by atoms with E-state index in [9.17, 15) is 0 Å². The Morgan fingerprint density at radius 2 is 2.00 bits per heavy atom. The molecule has 6 nitrogen and oxygen atoms in total. The van der Waals surface area contributed by atoms with Crippen LogP contribution in [0.1, 0.15) is 5.56 Å². The molecule has 0 saturated carbocycles. The molecule has 0 spiro atoms. The molecule has 3 aromatic rings. The minimum atomic E-state index is 0.255. The van der Waals surface area contributed by atoms with E-state index in [0.29, 0.717) is 13.2 Å². The first-order valence-electron chi connectivity index (χ1n) is 8.64. The number of hydrogen-bond donors (Lipinski definition) is 0. The van der Waals surface area contributed by atoms with Gasteiger partial charge in [0.15, 0.2) is 11.5 Å². The number of nitrogens with zero attached hydrogens (tertiary/aromatic N) is 3. The Bertz CT molecular complexity index is 1060. The van der Waals surface area contributed by atoms with Crippen molar-refractivity contribution < 1.29 is 14.2 Å². The highest BCUT2D eigenvalue weighted by molar-refractivity contribution is 9.10. The van der Waals surface area contributed by atoms with Crippen LogP contribution in [0.2, 0.25) is 0 Å². The molecule has 8 heteroatoms. The Morgan fingerprint density at radius 3 is 2.82 bits per heavy atom. The second-order valence-electron chi connectivity index (χ2n) is 5.95. The molecule has 0 unspecified atom stereocenters. The first kappa shape index (κ1) is 18.9. The largest absolute Gasteiger partial charge is 0.454 e. The summed E-state index contributed by atoms with van der Waals surface area (Å²) in [6.07, 6.45) is 1.80. The van der Waals surface area contributed by atoms with Crippen LogP contribution >= 0.6 is 27.3 Å². The van der Waals surface area contributed by atoms with E-state index in [-0.39, 0.29) is 6.79 Å². The summed E-state index contributed by atoms with van der Waals surface area (Å²) in [6.45, 7) is 1.40. The van der Waals surface area contributed by atoms with Crippen molar-refractivity contribution >= 4 is 33.5 Å². The Hall–Kier alpha value is -2.42. The van der Waals surface area contributed by atoms with Crippen molar-refractivity contribution in [2.24, 2.45) is 10.1 Å². The quantitative estimate of drug-likeness (QED) is 0.411. The maximum Gasteiger partial charge on any atom is 0.231 e. The number of aromatic nitrogens is 1. The summed E-state index contributed by atoms with van der Waals surface area (Å²) in [5, 5.41) is 6.76. The zero-order valence-corrected chi connectivity index (χ0v) is 17.6.